The maximum absolute atomic E-state index is 12.4. The molecule has 0 aliphatic rings. The number of aromatic nitrogens is 3. The van der Waals surface area contributed by atoms with Crippen LogP contribution in [0.1, 0.15) is 25.8 Å². The van der Waals surface area contributed by atoms with E-state index in [1.165, 1.54) is 11.8 Å². The van der Waals surface area contributed by atoms with Gasteiger partial charge < -0.3 is 5.32 Å². The Labute approximate surface area is 143 Å². The van der Waals surface area contributed by atoms with E-state index in [1.54, 1.807) is 23.6 Å². The van der Waals surface area contributed by atoms with Gasteiger partial charge in [-0.15, -0.1) is 5.10 Å². The summed E-state index contributed by atoms with van der Waals surface area (Å²) in [5.41, 5.74) is 1.36. The highest BCUT2D eigenvalue weighted by Gasteiger charge is 2.19. The van der Waals surface area contributed by atoms with Gasteiger partial charge in [-0.05, 0) is 38.0 Å². The quantitative estimate of drug-likeness (QED) is 0.781. The molecule has 8 heteroatoms. The van der Waals surface area contributed by atoms with Gasteiger partial charge in [0.1, 0.15) is 0 Å². The number of aryl methyl sites for hydroxylation is 1. The molecule has 0 unspecified atom stereocenters. The predicted molar refractivity (Wildman–Crippen MR) is 93.3 cm³/mol. The predicted octanol–water partition coefficient (Wildman–Crippen LogP) is 3.06. The summed E-state index contributed by atoms with van der Waals surface area (Å²) in [5.74, 6) is -0.168. The molecule has 2 aromatic rings. The summed E-state index contributed by atoms with van der Waals surface area (Å²) in [4.78, 5) is 24.0. The average molecular weight is 355 g/mol. The molecule has 0 saturated carbocycles. The molecule has 0 aliphatic heterocycles. The van der Waals surface area contributed by atoms with Crippen molar-refractivity contribution in [2.24, 2.45) is 0 Å². The first kappa shape index (κ1) is 17.6. The monoisotopic (exact) mass is 354 g/mol. The molecular formula is C15H19ClN4O2S. The van der Waals surface area contributed by atoms with E-state index in [-0.39, 0.29) is 11.6 Å². The molecule has 23 heavy (non-hydrogen) atoms. The van der Waals surface area contributed by atoms with E-state index >= 15 is 0 Å². The maximum atomic E-state index is 12.4. The third kappa shape index (κ3) is 4.39. The zero-order chi connectivity index (χ0) is 17.0. The molecule has 6 nitrogen and oxygen atoms in total. The second-order valence-electron chi connectivity index (χ2n) is 5.17. The summed E-state index contributed by atoms with van der Waals surface area (Å²) in [6.07, 6.45) is 0.815. The number of nitrogens with one attached hydrogen (secondary N) is 2. The number of benzene rings is 1. The van der Waals surface area contributed by atoms with Crippen LogP contribution < -0.4 is 11.0 Å². The van der Waals surface area contributed by atoms with Crippen LogP contribution in [-0.4, -0.2) is 25.9 Å². The SMILES string of the molecule is CCCn1c(S[C@@H](C)C(=O)Nc2cc(Cl)ccc2C)n[nH]c1=O. The van der Waals surface area contributed by atoms with Crippen LogP contribution in [0.4, 0.5) is 5.69 Å². The number of H-pyrrole nitrogens is 1. The van der Waals surface area contributed by atoms with Crippen molar-refractivity contribution in [3.05, 3.63) is 39.3 Å². The standard InChI is InChI=1S/C15H19ClN4O2S/c1-4-7-20-14(22)18-19-15(20)23-10(3)13(21)17-12-8-11(16)6-5-9(12)2/h5-6,8,10H,4,7H2,1-3H3,(H,17,21)(H,18,22)/t10-/m0/s1. The second kappa shape index (κ2) is 7.70. The Morgan fingerprint density at radius 2 is 2.26 bits per heavy atom. The summed E-state index contributed by atoms with van der Waals surface area (Å²) in [6, 6.07) is 5.34. The van der Waals surface area contributed by atoms with Crippen LogP contribution in [0.2, 0.25) is 5.02 Å². The van der Waals surface area contributed by atoms with Crippen LogP contribution in [-0.2, 0) is 11.3 Å². The Bertz CT molecular complexity index is 756. The summed E-state index contributed by atoms with van der Waals surface area (Å²) >= 11 is 7.20. The molecule has 124 valence electrons. The lowest BCUT2D eigenvalue weighted by Gasteiger charge is -2.13. The molecule has 0 aliphatic carbocycles. The third-order valence-electron chi connectivity index (χ3n) is 3.28. The van der Waals surface area contributed by atoms with E-state index in [9.17, 15) is 9.59 Å². The summed E-state index contributed by atoms with van der Waals surface area (Å²) < 4.78 is 1.54. The fourth-order valence-corrected chi connectivity index (χ4v) is 3.04. The van der Waals surface area contributed by atoms with E-state index in [2.05, 4.69) is 15.5 Å². The van der Waals surface area contributed by atoms with Crippen molar-refractivity contribution >= 4 is 35.0 Å². The fraction of sp³-hybridized carbons (Fsp3) is 0.400. The van der Waals surface area contributed by atoms with Crippen molar-refractivity contribution in [2.75, 3.05) is 5.32 Å². The Kier molecular flexibility index (Phi) is 5.90. The van der Waals surface area contributed by atoms with Gasteiger partial charge in [0.05, 0.1) is 5.25 Å². The number of hydrogen-bond donors (Lipinski definition) is 2. The van der Waals surface area contributed by atoms with Gasteiger partial charge in [0, 0.05) is 17.3 Å². The molecule has 0 saturated heterocycles. The van der Waals surface area contributed by atoms with Crippen LogP contribution in [0.15, 0.2) is 28.2 Å². The second-order valence-corrected chi connectivity index (χ2v) is 6.92. The minimum absolute atomic E-state index is 0.168. The van der Waals surface area contributed by atoms with Crippen molar-refractivity contribution in [3.8, 4) is 0 Å². The number of amides is 1. The molecule has 1 heterocycles. The van der Waals surface area contributed by atoms with E-state index < -0.39 is 5.25 Å². The fourth-order valence-electron chi connectivity index (χ4n) is 1.99. The largest absolute Gasteiger partial charge is 0.343 e. The zero-order valence-electron chi connectivity index (χ0n) is 13.2. The van der Waals surface area contributed by atoms with Gasteiger partial charge in [0.2, 0.25) is 5.91 Å². The van der Waals surface area contributed by atoms with Gasteiger partial charge in [-0.3, -0.25) is 9.36 Å². The highest BCUT2D eigenvalue weighted by Crippen LogP contribution is 2.24. The number of nitrogens with zero attached hydrogens (tertiary/aromatic N) is 2. The maximum Gasteiger partial charge on any atom is 0.343 e. The molecule has 1 amide bonds. The van der Waals surface area contributed by atoms with Crippen LogP contribution in [0.5, 0.6) is 0 Å². The first-order chi connectivity index (χ1) is 10.9. The van der Waals surface area contributed by atoms with Gasteiger partial charge in [-0.1, -0.05) is 36.4 Å². The van der Waals surface area contributed by atoms with Crippen molar-refractivity contribution in [3.63, 3.8) is 0 Å². The molecule has 0 radical (unpaired) electrons. The lowest BCUT2D eigenvalue weighted by Crippen LogP contribution is -2.24. The number of anilines is 1. The minimum atomic E-state index is -0.404. The van der Waals surface area contributed by atoms with E-state index in [0.29, 0.717) is 22.4 Å². The first-order valence-corrected chi connectivity index (χ1v) is 8.57. The Hall–Kier alpha value is -1.73. The number of carbonyl (C=O) groups excluding carboxylic acids is 1. The molecule has 1 aromatic carbocycles. The molecule has 2 N–H and O–H groups in total. The number of carbonyl (C=O) groups is 1. The number of thioether (sulfide) groups is 1. The molecule has 0 fully saturated rings. The normalized spacial score (nSPS) is 12.2. The Morgan fingerprint density at radius 1 is 1.52 bits per heavy atom. The smallest absolute Gasteiger partial charge is 0.325 e. The van der Waals surface area contributed by atoms with Crippen LogP contribution in [0.25, 0.3) is 0 Å². The van der Waals surface area contributed by atoms with E-state index in [4.69, 9.17) is 11.6 Å². The molecule has 0 bridgehead atoms. The van der Waals surface area contributed by atoms with Gasteiger partial charge >= 0.3 is 5.69 Å². The van der Waals surface area contributed by atoms with Gasteiger partial charge in [0.15, 0.2) is 5.16 Å². The summed E-state index contributed by atoms with van der Waals surface area (Å²) in [7, 11) is 0. The van der Waals surface area contributed by atoms with Crippen molar-refractivity contribution in [2.45, 2.75) is 44.1 Å². The topological polar surface area (TPSA) is 79.8 Å². The van der Waals surface area contributed by atoms with Crippen molar-refractivity contribution in [1.82, 2.24) is 14.8 Å². The van der Waals surface area contributed by atoms with Crippen molar-refractivity contribution in [1.29, 1.82) is 0 Å². The van der Waals surface area contributed by atoms with Crippen molar-refractivity contribution < 1.29 is 4.79 Å². The number of rotatable bonds is 6. The van der Waals surface area contributed by atoms with Gasteiger partial charge in [-0.2, -0.15) is 0 Å². The third-order valence-corrected chi connectivity index (χ3v) is 4.60. The molecular weight excluding hydrogens is 336 g/mol. The minimum Gasteiger partial charge on any atom is -0.325 e. The first-order valence-electron chi connectivity index (χ1n) is 7.31. The van der Waals surface area contributed by atoms with Crippen LogP contribution >= 0.6 is 23.4 Å². The molecule has 0 spiro atoms. The molecule has 1 aromatic heterocycles. The molecule has 1 atom stereocenters. The van der Waals surface area contributed by atoms with Gasteiger partial charge in [0.25, 0.3) is 0 Å². The number of hydrogen-bond acceptors (Lipinski definition) is 4. The average Bonchev–Trinajstić information content (AvgIpc) is 2.84. The summed E-state index contributed by atoms with van der Waals surface area (Å²) in [6.45, 7) is 6.22. The lowest BCUT2D eigenvalue weighted by atomic mass is 10.2. The van der Waals surface area contributed by atoms with E-state index in [0.717, 1.165) is 12.0 Å². The number of aromatic amines is 1. The Morgan fingerprint density at radius 3 is 2.96 bits per heavy atom. The number of halogens is 1. The Balaban J connectivity index is 2.08. The summed E-state index contributed by atoms with van der Waals surface area (Å²) in [5, 5.41) is 9.94. The zero-order valence-corrected chi connectivity index (χ0v) is 14.8. The highest BCUT2D eigenvalue weighted by molar-refractivity contribution is 8.00. The van der Waals surface area contributed by atoms with Crippen LogP contribution in [0.3, 0.4) is 0 Å². The highest BCUT2D eigenvalue weighted by atomic mass is 35.5. The molecule has 2 rings (SSSR count). The lowest BCUT2D eigenvalue weighted by molar-refractivity contribution is -0.115. The van der Waals surface area contributed by atoms with E-state index in [1.807, 2.05) is 19.9 Å². The van der Waals surface area contributed by atoms with Crippen LogP contribution in [0, 0.1) is 6.92 Å². The van der Waals surface area contributed by atoms with Gasteiger partial charge in [-0.25, -0.2) is 9.89 Å².